The average molecular weight is 182 g/mol. The van der Waals surface area contributed by atoms with Gasteiger partial charge in [-0.05, 0) is 6.42 Å². The molecular weight excluding hydrogens is 172 g/mol. The van der Waals surface area contributed by atoms with Crippen molar-refractivity contribution in [3.63, 3.8) is 0 Å². The quantitative estimate of drug-likeness (QED) is 0.612. The van der Waals surface area contributed by atoms with Crippen molar-refractivity contribution in [1.82, 2.24) is 0 Å². The molecule has 9 heavy (non-hydrogen) atoms. The van der Waals surface area contributed by atoms with Crippen LogP contribution in [0.5, 0.6) is 0 Å². The Bertz CT molecular complexity index is 125. The number of thiol groups is 1. The van der Waals surface area contributed by atoms with Crippen LogP contribution in [0.2, 0.25) is 0 Å². The summed E-state index contributed by atoms with van der Waals surface area (Å²) in [5, 5.41) is 0.476. The molecule has 1 nitrogen and oxygen atoms in total. The molecule has 0 N–H and O–H groups in total. The number of thioether (sulfide) groups is 1. The zero-order valence-corrected chi connectivity index (χ0v) is 7.77. The van der Waals surface area contributed by atoms with E-state index in [1.54, 1.807) is 18.0 Å². The maximum absolute atomic E-state index is 10.8. The zero-order chi connectivity index (χ0) is 6.85. The summed E-state index contributed by atoms with van der Waals surface area (Å²) in [4.78, 5) is 0. The van der Waals surface area contributed by atoms with Crippen molar-refractivity contribution >= 4 is 35.2 Å². The summed E-state index contributed by atoms with van der Waals surface area (Å²) in [5.41, 5.74) is 0. The number of rotatable bonds is 1. The Morgan fingerprint density at radius 3 is 2.67 bits per heavy atom. The minimum atomic E-state index is -0.648. The summed E-state index contributed by atoms with van der Waals surface area (Å²) in [6, 6.07) is 0. The lowest BCUT2D eigenvalue weighted by atomic mass is 10.4. The van der Waals surface area contributed by atoms with Gasteiger partial charge in [0.15, 0.2) is 0 Å². The molecule has 4 heteroatoms. The molecular formula is C5H10OS3. The van der Waals surface area contributed by atoms with E-state index in [9.17, 15) is 4.21 Å². The average Bonchev–Trinajstić information content (AvgIpc) is 2.14. The monoisotopic (exact) mass is 182 g/mol. The summed E-state index contributed by atoms with van der Waals surface area (Å²) in [5.74, 6) is 1.06. The number of hydrogen-bond acceptors (Lipinski definition) is 3. The highest BCUT2D eigenvalue weighted by atomic mass is 32.2. The summed E-state index contributed by atoms with van der Waals surface area (Å²) in [6.45, 7) is 0. The molecule has 1 rings (SSSR count). The fourth-order valence-electron chi connectivity index (χ4n) is 0.808. The van der Waals surface area contributed by atoms with E-state index < -0.39 is 10.8 Å². The van der Waals surface area contributed by atoms with E-state index >= 15 is 0 Å². The molecule has 0 aromatic carbocycles. The molecule has 1 fully saturated rings. The molecule has 0 bridgehead atoms. The molecule has 0 amide bonds. The van der Waals surface area contributed by atoms with Gasteiger partial charge in [0.2, 0.25) is 0 Å². The zero-order valence-electron chi connectivity index (χ0n) is 5.24. The lowest BCUT2D eigenvalue weighted by molar-refractivity contribution is 0.683. The van der Waals surface area contributed by atoms with Crippen molar-refractivity contribution in [2.45, 2.75) is 16.3 Å². The van der Waals surface area contributed by atoms with Gasteiger partial charge in [0, 0.05) is 28.1 Å². The Morgan fingerprint density at radius 2 is 2.44 bits per heavy atom. The minimum absolute atomic E-state index is 0.354. The van der Waals surface area contributed by atoms with Crippen LogP contribution in [0.1, 0.15) is 6.42 Å². The Labute approximate surface area is 67.8 Å². The second kappa shape index (κ2) is 3.30. The van der Waals surface area contributed by atoms with Crippen LogP contribution in [0.15, 0.2) is 0 Å². The maximum Gasteiger partial charge on any atom is 0.0809 e. The fourth-order valence-corrected chi connectivity index (χ4v) is 4.01. The molecule has 1 saturated heterocycles. The molecule has 1 aliphatic heterocycles. The van der Waals surface area contributed by atoms with Crippen LogP contribution >= 0.6 is 24.4 Å². The van der Waals surface area contributed by atoms with Crippen molar-refractivity contribution in [2.24, 2.45) is 0 Å². The van der Waals surface area contributed by atoms with Gasteiger partial charge >= 0.3 is 0 Å². The SMILES string of the molecule is CS(=O)C1CC(S)CS1. The van der Waals surface area contributed by atoms with Gasteiger partial charge in [0.25, 0.3) is 0 Å². The van der Waals surface area contributed by atoms with Gasteiger partial charge in [-0.25, -0.2) is 0 Å². The first kappa shape index (κ1) is 7.95. The highest BCUT2D eigenvalue weighted by Crippen LogP contribution is 2.31. The van der Waals surface area contributed by atoms with E-state index in [2.05, 4.69) is 12.6 Å². The van der Waals surface area contributed by atoms with E-state index in [1.807, 2.05) is 0 Å². The van der Waals surface area contributed by atoms with Crippen LogP contribution in [0.3, 0.4) is 0 Å². The van der Waals surface area contributed by atoms with Gasteiger partial charge in [-0.2, -0.15) is 12.6 Å². The summed E-state index contributed by atoms with van der Waals surface area (Å²) in [6.07, 6.45) is 2.78. The van der Waals surface area contributed by atoms with Crippen LogP contribution in [0.4, 0.5) is 0 Å². The first-order valence-corrected chi connectivity index (χ1v) is 6.00. The molecule has 1 heterocycles. The molecule has 1 aliphatic rings. The van der Waals surface area contributed by atoms with Crippen molar-refractivity contribution in [3.05, 3.63) is 0 Å². The van der Waals surface area contributed by atoms with Gasteiger partial charge in [0.1, 0.15) is 0 Å². The van der Waals surface area contributed by atoms with E-state index in [4.69, 9.17) is 0 Å². The van der Waals surface area contributed by atoms with Crippen molar-refractivity contribution < 1.29 is 4.21 Å². The standard InChI is InChI=1S/C5H10OS3/c1-9(6)5-2-4(7)3-8-5/h4-5,7H,2-3H2,1H3. The summed E-state index contributed by atoms with van der Waals surface area (Å²) < 4.78 is 11.2. The third kappa shape index (κ3) is 2.16. The van der Waals surface area contributed by atoms with Crippen molar-refractivity contribution in [2.75, 3.05) is 12.0 Å². The Balaban J connectivity index is 2.39. The van der Waals surface area contributed by atoms with Gasteiger partial charge < -0.3 is 0 Å². The molecule has 54 valence electrons. The Hall–Kier alpha value is 0.850. The van der Waals surface area contributed by atoms with E-state index in [0.29, 0.717) is 9.83 Å². The van der Waals surface area contributed by atoms with Crippen molar-refractivity contribution in [1.29, 1.82) is 0 Å². The van der Waals surface area contributed by atoms with Crippen LogP contribution in [0, 0.1) is 0 Å². The van der Waals surface area contributed by atoms with Crippen LogP contribution in [-0.4, -0.2) is 26.0 Å². The van der Waals surface area contributed by atoms with E-state index in [-0.39, 0.29) is 0 Å². The lowest BCUT2D eigenvalue weighted by Crippen LogP contribution is -2.06. The van der Waals surface area contributed by atoms with Gasteiger partial charge in [-0.3, -0.25) is 4.21 Å². The molecule has 0 aliphatic carbocycles. The predicted octanol–water partition coefficient (Wildman–Crippen LogP) is 1.13. The summed E-state index contributed by atoms with van der Waals surface area (Å²) in [7, 11) is -0.648. The molecule has 3 unspecified atom stereocenters. The highest BCUT2D eigenvalue weighted by Gasteiger charge is 2.24. The highest BCUT2D eigenvalue weighted by molar-refractivity contribution is 8.11. The minimum Gasteiger partial charge on any atom is -0.259 e. The van der Waals surface area contributed by atoms with E-state index in [0.717, 1.165) is 12.2 Å². The second-order valence-corrected chi connectivity index (χ2v) is 5.98. The molecule has 0 aromatic heterocycles. The largest absolute Gasteiger partial charge is 0.259 e. The predicted molar refractivity (Wildman–Crippen MR) is 47.7 cm³/mol. The topological polar surface area (TPSA) is 17.1 Å². The Kier molecular flexibility index (Phi) is 2.92. The van der Waals surface area contributed by atoms with Crippen molar-refractivity contribution in [3.8, 4) is 0 Å². The Morgan fingerprint density at radius 1 is 1.78 bits per heavy atom. The molecule has 0 saturated carbocycles. The molecule has 0 spiro atoms. The van der Waals surface area contributed by atoms with Crippen LogP contribution in [0.25, 0.3) is 0 Å². The van der Waals surface area contributed by atoms with Crippen LogP contribution in [-0.2, 0) is 10.8 Å². The maximum atomic E-state index is 10.8. The van der Waals surface area contributed by atoms with Gasteiger partial charge in [-0.15, -0.1) is 11.8 Å². The fraction of sp³-hybridized carbons (Fsp3) is 1.00. The number of hydrogen-bond donors (Lipinski definition) is 1. The lowest BCUT2D eigenvalue weighted by Gasteiger charge is -2.01. The molecule has 0 aromatic rings. The third-order valence-corrected chi connectivity index (χ3v) is 5.26. The normalized spacial score (nSPS) is 38.9. The third-order valence-electron chi connectivity index (χ3n) is 1.31. The molecule has 0 radical (unpaired) electrons. The second-order valence-electron chi connectivity index (χ2n) is 2.15. The smallest absolute Gasteiger partial charge is 0.0809 e. The van der Waals surface area contributed by atoms with E-state index in [1.165, 1.54) is 0 Å². The van der Waals surface area contributed by atoms with Gasteiger partial charge in [-0.1, -0.05) is 0 Å². The first-order valence-electron chi connectivity index (χ1n) is 2.82. The molecule has 3 atom stereocenters. The first-order chi connectivity index (χ1) is 4.20. The van der Waals surface area contributed by atoms with Crippen LogP contribution < -0.4 is 0 Å². The summed E-state index contributed by atoms with van der Waals surface area (Å²) >= 11 is 6.07. The van der Waals surface area contributed by atoms with Gasteiger partial charge in [0.05, 0.1) is 4.58 Å².